The third-order valence-electron chi connectivity index (χ3n) is 2.79. The zero-order valence-corrected chi connectivity index (χ0v) is 13.4. The Kier molecular flexibility index (Phi) is 4.26. The Bertz CT molecular complexity index is 703. The summed E-state index contributed by atoms with van der Waals surface area (Å²) in [5, 5.41) is 3.60. The number of sulfonamides is 1. The van der Waals surface area contributed by atoms with E-state index in [1.54, 1.807) is 18.3 Å². The molecule has 0 bridgehead atoms. The number of thiophene rings is 1. The highest BCUT2D eigenvalue weighted by Crippen LogP contribution is 2.26. The first-order valence-electron chi connectivity index (χ1n) is 6.13. The van der Waals surface area contributed by atoms with Crippen molar-refractivity contribution >= 4 is 21.4 Å². The molecule has 0 aliphatic carbocycles. The van der Waals surface area contributed by atoms with E-state index in [-0.39, 0.29) is 17.6 Å². The lowest BCUT2D eigenvalue weighted by Gasteiger charge is -2.13. The van der Waals surface area contributed by atoms with Crippen LogP contribution in [-0.4, -0.2) is 18.6 Å². The molecule has 2 rings (SSSR count). The molecule has 6 nitrogen and oxygen atoms in total. The molecule has 1 unspecified atom stereocenters. The highest BCUT2D eigenvalue weighted by molar-refractivity contribution is 7.88. The second-order valence-corrected chi connectivity index (χ2v) is 7.91. The van der Waals surface area contributed by atoms with E-state index < -0.39 is 10.0 Å². The average Bonchev–Trinajstić information content (AvgIpc) is 2.83. The largest absolute Gasteiger partial charge is 0.340 e. The van der Waals surface area contributed by atoms with Crippen LogP contribution in [0.4, 0.5) is 0 Å². The number of hydrogen-bond acceptors (Lipinski definition) is 6. The van der Waals surface area contributed by atoms with E-state index in [2.05, 4.69) is 14.9 Å². The number of nitrogens with one attached hydrogen (secondary N) is 1. The van der Waals surface area contributed by atoms with Crippen molar-refractivity contribution in [2.75, 3.05) is 0 Å². The van der Waals surface area contributed by atoms with Gasteiger partial charge in [-0.05, 0) is 32.4 Å². The molecule has 1 atom stereocenters. The van der Waals surface area contributed by atoms with Gasteiger partial charge < -0.3 is 4.52 Å². The molecule has 0 aromatic carbocycles. The summed E-state index contributed by atoms with van der Waals surface area (Å²) in [7, 11) is -3.51. The Morgan fingerprint density at radius 1 is 1.40 bits per heavy atom. The first-order chi connectivity index (χ1) is 9.27. The molecule has 2 heterocycles. The fourth-order valence-electron chi connectivity index (χ4n) is 2.02. The van der Waals surface area contributed by atoms with Gasteiger partial charge in [-0.3, -0.25) is 0 Å². The van der Waals surface area contributed by atoms with Gasteiger partial charge in [0, 0.05) is 22.7 Å². The summed E-state index contributed by atoms with van der Waals surface area (Å²) >= 11 is 1.66. The minimum Gasteiger partial charge on any atom is -0.340 e. The van der Waals surface area contributed by atoms with Crippen molar-refractivity contribution in [3.8, 4) is 0 Å². The van der Waals surface area contributed by atoms with Gasteiger partial charge in [0.15, 0.2) is 5.82 Å². The number of aromatic nitrogens is 2. The Morgan fingerprint density at radius 3 is 2.60 bits per heavy atom. The second-order valence-electron chi connectivity index (χ2n) is 4.70. The van der Waals surface area contributed by atoms with Gasteiger partial charge in [-0.2, -0.15) is 4.98 Å². The molecular formula is C12H17N3O3S2. The van der Waals surface area contributed by atoms with Gasteiger partial charge in [0.2, 0.25) is 15.9 Å². The van der Waals surface area contributed by atoms with E-state index in [0.29, 0.717) is 5.89 Å². The monoisotopic (exact) mass is 315 g/mol. The number of rotatable bonds is 5. The Morgan fingerprint density at radius 2 is 2.10 bits per heavy atom. The minimum atomic E-state index is -3.51. The van der Waals surface area contributed by atoms with Crippen LogP contribution in [0.2, 0.25) is 0 Å². The van der Waals surface area contributed by atoms with Crippen molar-refractivity contribution in [2.45, 2.75) is 39.5 Å². The van der Waals surface area contributed by atoms with Crippen LogP contribution < -0.4 is 4.72 Å². The highest BCUT2D eigenvalue weighted by atomic mass is 32.2. The van der Waals surface area contributed by atoms with Crippen LogP contribution in [0.1, 0.15) is 40.0 Å². The maximum atomic E-state index is 12.1. The lowest BCUT2D eigenvalue weighted by Crippen LogP contribution is -2.28. The second kappa shape index (κ2) is 5.63. The predicted octanol–water partition coefficient (Wildman–Crippen LogP) is 2.24. The maximum absolute atomic E-state index is 12.1. The Hall–Kier alpha value is -1.25. The maximum Gasteiger partial charge on any atom is 0.223 e. The third kappa shape index (κ3) is 3.65. The SMILES string of the molecule is Cc1nc(CS(=O)(=O)NC(C)c2cc(C)sc2C)no1. The fraction of sp³-hybridized carbons (Fsp3) is 0.500. The summed E-state index contributed by atoms with van der Waals surface area (Å²) < 4.78 is 31.6. The van der Waals surface area contributed by atoms with Crippen LogP contribution >= 0.6 is 11.3 Å². The van der Waals surface area contributed by atoms with Crippen molar-refractivity contribution in [1.82, 2.24) is 14.9 Å². The van der Waals surface area contributed by atoms with E-state index >= 15 is 0 Å². The molecular weight excluding hydrogens is 298 g/mol. The van der Waals surface area contributed by atoms with Gasteiger partial charge in [-0.15, -0.1) is 11.3 Å². The van der Waals surface area contributed by atoms with Gasteiger partial charge in [-0.1, -0.05) is 5.16 Å². The molecule has 0 saturated heterocycles. The van der Waals surface area contributed by atoms with Crippen molar-refractivity contribution in [3.05, 3.63) is 33.1 Å². The number of hydrogen-bond donors (Lipinski definition) is 1. The summed E-state index contributed by atoms with van der Waals surface area (Å²) in [5.74, 6) is 0.240. The molecule has 0 fully saturated rings. The lowest BCUT2D eigenvalue weighted by molar-refractivity contribution is 0.388. The van der Waals surface area contributed by atoms with Gasteiger partial charge >= 0.3 is 0 Å². The van der Waals surface area contributed by atoms with Crippen LogP contribution in [0, 0.1) is 20.8 Å². The highest BCUT2D eigenvalue weighted by Gasteiger charge is 2.21. The molecule has 0 radical (unpaired) electrons. The molecule has 0 amide bonds. The minimum absolute atomic E-state index is 0.167. The quantitative estimate of drug-likeness (QED) is 0.914. The van der Waals surface area contributed by atoms with E-state index in [0.717, 1.165) is 15.3 Å². The average molecular weight is 315 g/mol. The van der Waals surface area contributed by atoms with Gasteiger partial charge in [0.05, 0.1) is 0 Å². The summed E-state index contributed by atoms with van der Waals surface area (Å²) in [5.41, 5.74) is 1.00. The van der Waals surface area contributed by atoms with Gasteiger partial charge in [-0.25, -0.2) is 13.1 Å². The van der Waals surface area contributed by atoms with E-state index in [1.807, 2.05) is 26.8 Å². The van der Waals surface area contributed by atoms with Crippen LogP contribution in [0.5, 0.6) is 0 Å². The Balaban J connectivity index is 2.10. The van der Waals surface area contributed by atoms with Gasteiger partial charge in [0.25, 0.3) is 0 Å². The fourth-order valence-corrected chi connectivity index (χ4v) is 4.25. The molecule has 8 heteroatoms. The van der Waals surface area contributed by atoms with Crippen LogP contribution in [-0.2, 0) is 15.8 Å². The van der Waals surface area contributed by atoms with Crippen molar-refractivity contribution < 1.29 is 12.9 Å². The lowest BCUT2D eigenvalue weighted by atomic mass is 10.1. The molecule has 0 aliphatic heterocycles. The van der Waals surface area contributed by atoms with Gasteiger partial charge in [0.1, 0.15) is 5.75 Å². The van der Waals surface area contributed by atoms with Crippen molar-refractivity contribution in [1.29, 1.82) is 0 Å². The van der Waals surface area contributed by atoms with Crippen LogP contribution in [0.25, 0.3) is 0 Å². The molecule has 0 saturated carbocycles. The predicted molar refractivity (Wildman–Crippen MR) is 77.0 cm³/mol. The van der Waals surface area contributed by atoms with Crippen LogP contribution in [0.15, 0.2) is 10.6 Å². The normalized spacial score (nSPS) is 13.6. The van der Waals surface area contributed by atoms with E-state index in [4.69, 9.17) is 4.52 Å². The smallest absolute Gasteiger partial charge is 0.223 e. The molecule has 110 valence electrons. The molecule has 1 N–H and O–H groups in total. The number of nitrogens with zero attached hydrogens (tertiary/aromatic N) is 2. The standard InChI is InChI=1S/C12H17N3O3S2/c1-7-5-11(9(3)19-7)8(2)15-20(16,17)6-12-13-10(4)18-14-12/h5,8,15H,6H2,1-4H3. The first kappa shape index (κ1) is 15.1. The summed E-state index contributed by atoms with van der Waals surface area (Å²) in [6.07, 6.45) is 0. The van der Waals surface area contributed by atoms with E-state index in [9.17, 15) is 8.42 Å². The first-order valence-corrected chi connectivity index (χ1v) is 8.60. The van der Waals surface area contributed by atoms with Crippen molar-refractivity contribution in [2.24, 2.45) is 0 Å². The summed E-state index contributed by atoms with van der Waals surface area (Å²) in [6.45, 7) is 7.44. The zero-order valence-electron chi connectivity index (χ0n) is 11.8. The van der Waals surface area contributed by atoms with E-state index in [1.165, 1.54) is 0 Å². The number of aryl methyl sites for hydroxylation is 3. The topological polar surface area (TPSA) is 85.1 Å². The molecule has 0 aliphatic rings. The third-order valence-corrected chi connectivity index (χ3v) is 5.12. The molecule has 2 aromatic heterocycles. The van der Waals surface area contributed by atoms with Crippen LogP contribution in [0.3, 0.4) is 0 Å². The molecule has 0 spiro atoms. The summed E-state index contributed by atoms with van der Waals surface area (Å²) in [4.78, 5) is 6.19. The molecule has 20 heavy (non-hydrogen) atoms. The Labute approximate surface area is 122 Å². The molecule has 2 aromatic rings. The zero-order chi connectivity index (χ0) is 14.9. The van der Waals surface area contributed by atoms with Crippen molar-refractivity contribution in [3.63, 3.8) is 0 Å². The summed E-state index contributed by atoms with van der Waals surface area (Å²) in [6, 6.07) is 1.73.